The van der Waals surface area contributed by atoms with Gasteiger partial charge in [-0.05, 0) is 53.9 Å². The van der Waals surface area contributed by atoms with E-state index in [2.05, 4.69) is 11.8 Å². The van der Waals surface area contributed by atoms with Crippen LogP contribution < -0.4 is 4.74 Å². The van der Waals surface area contributed by atoms with Gasteiger partial charge in [0.15, 0.2) is 14.4 Å². The molecular formula is C26H32O6Si. The molecule has 0 saturated carbocycles. The molecule has 2 rings (SSSR count). The summed E-state index contributed by atoms with van der Waals surface area (Å²) in [6.07, 6.45) is -1.06. The monoisotopic (exact) mass is 468 g/mol. The lowest BCUT2D eigenvalue weighted by Crippen LogP contribution is -2.47. The molecule has 0 bridgehead atoms. The molecule has 0 aliphatic rings. The number of aliphatic carboxylic acids is 1. The molecule has 1 N–H and O–H groups in total. The first kappa shape index (κ1) is 26.3. The maximum atomic E-state index is 12.2. The van der Waals surface area contributed by atoms with Gasteiger partial charge < -0.3 is 19.0 Å². The first-order valence-corrected chi connectivity index (χ1v) is 13.7. The highest BCUT2D eigenvalue weighted by Crippen LogP contribution is 2.37. The number of hydrogen-bond donors (Lipinski definition) is 1. The van der Waals surface area contributed by atoms with Crippen molar-refractivity contribution >= 4 is 20.1 Å². The van der Waals surface area contributed by atoms with E-state index in [1.165, 1.54) is 0 Å². The summed E-state index contributed by atoms with van der Waals surface area (Å²) in [6.45, 7) is 10.6. The van der Waals surface area contributed by atoms with Gasteiger partial charge in [-0.2, -0.15) is 0 Å². The number of Topliss-reactive ketones (excluding diaryl/α,β-unsaturated/α-hetero) is 1. The largest absolute Gasteiger partial charge is 0.490 e. The summed E-state index contributed by atoms with van der Waals surface area (Å²) in [6, 6.07) is 16.2. The Balaban J connectivity index is 1.86. The molecular weight excluding hydrogens is 436 g/mol. The van der Waals surface area contributed by atoms with Crippen LogP contribution in [0.5, 0.6) is 5.75 Å². The molecule has 2 aromatic carbocycles. The quantitative estimate of drug-likeness (QED) is 0.175. The van der Waals surface area contributed by atoms with Gasteiger partial charge in [0.05, 0.1) is 6.61 Å². The van der Waals surface area contributed by atoms with E-state index in [4.69, 9.17) is 13.9 Å². The van der Waals surface area contributed by atoms with Crippen molar-refractivity contribution in [2.75, 3.05) is 13.2 Å². The van der Waals surface area contributed by atoms with Crippen molar-refractivity contribution in [2.24, 2.45) is 0 Å². The predicted octanol–water partition coefficient (Wildman–Crippen LogP) is 4.94. The van der Waals surface area contributed by atoms with Gasteiger partial charge in [-0.3, -0.25) is 4.79 Å². The summed E-state index contributed by atoms with van der Waals surface area (Å²) in [4.78, 5) is 23.9. The molecule has 0 aliphatic carbocycles. The number of rotatable bonds is 10. The fourth-order valence-corrected chi connectivity index (χ4v) is 3.78. The molecule has 33 heavy (non-hydrogen) atoms. The third-order valence-corrected chi connectivity index (χ3v) is 10.0. The second kappa shape index (κ2) is 11.8. The van der Waals surface area contributed by atoms with Gasteiger partial charge in [0.25, 0.3) is 0 Å². The number of carbonyl (C=O) groups is 2. The van der Waals surface area contributed by atoms with Gasteiger partial charge in [-0.1, -0.05) is 57.0 Å². The van der Waals surface area contributed by atoms with Crippen LogP contribution in [0.4, 0.5) is 0 Å². The van der Waals surface area contributed by atoms with Crippen LogP contribution in [0, 0.1) is 11.8 Å². The normalized spacial score (nSPS) is 12.4. The van der Waals surface area contributed by atoms with E-state index in [0.717, 1.165) is 5.56 Å². The molecule has 0 saturated heterocycles. The zero-order valence-corrected chi connectivity index (χ0v) is 20.9. The average Bonchev–Trinajstić information content (AvgIpc) is 2.76. The van der Waals surface area contributed by atoms with Crippen molar-refractivity contribution < 1.29 is 28.6 Å². The number of carboxylic acids is 1. The summed E-state index contributed by atoms with van der Waals surface area (Å²) in [7, 11) is -2.26. The lowest BCUT2D eigenvalue weighted by atomic mass is 10.1. The van der Waals surface area contributed by atoms with Crippen LogP contribution >= 0.6 is 0 Å². The van der Waals surface area contributed by atoms with Gasteiger partial charge in [0, 0.05) is 5.56 Å². The predicted molar refractivity (Wildman–Crippen MR) is 130 cm³/mol. The molecule has 0 aliphatic heterocycles. The van der Waals surface area contributed by atoms with Crippen LogP contribution in [0.15, 0.2) is 54.6 Å². The third kappa shape index (κ3) is 8.50. The van der Waals surface area contributed by atoms with Crippen molar-refractivity contribution in [3.05, 3.63) is 65.7 Å². The van der Waals surface area contributed by atoms with Crippen molar-refractivity contribution in [3.8, 4) is 17.6 Å². The van der Waals surface area contributed by atoms with Gasteiger partial charge in [0.2, 0.25) is 5.78 Å². The molecule has 0 unspecified atom stereocenters. The summed E-state index contributed by atoms with van der Waals surface area (Å²) >= 11 is 0. The standard InChI is InChI=1S/C26H32O6Si/c1-26(2,3)33(4,5)32-24(25(28)29)19-31-22-15-13-21(14-16-22)23(27)12-9-17-30-18-20-10-7-6-8-11-20/h6-8,10-11,13-16,24H,17-19H2,1-5H3,(H,28,29)/t24-/m1/s1. The maximum absolute atomic E-state index is 12.2. The van der Waals surface area contributed by atoms with Gasteiger partial charge in [-0.25, -0.2) is 4.79 Å². The number of ketones is 1. The van der Waals surface area contributed by atoms with Crippen molar-refractivity contribution in [1.29, 1.82) is 0 Å². The van der Waals surface area contributed by atoms with Crippen LogP contribution in [0.25, 0.3) is 0 Å². The minimum Gasteiger partial charge on any atom is -0.490 e. The van der Waals surface area contributed by atoms with E-state index in [-0.39, 0.29) is 24.0 Å². The molecule has 0 fully saturated rings. The number of benzene rings is 2. The van der Waals surface area contributed by atoms with E-state index >= 15 is 0 Å². The third-order valence-electron chi connectivity index (χ3n) is 5.52. The minimum atomic E-state index is -2.26. The highest BCUT2D eigenvalue weighted by atomic mass is 28.4. The number of ether oxygens (including phenoxy) is 2. The van der Waals surface area contributed by atoms with E-state index < -0.39 is 20.4 Å². The van der Waals surface area contributed by atoms with Crippen LogP contribution in [-0.4, -0.2) is 44.5 Å². The van der Waals surface area contributed by atoms with Gasteiger partial charge in [-0.15, -0.1) is 0 Å². The van der Waals surface area contributed by atoms with Gasteiger partial charge >= 0.3 is 5.97 Å². The second-order valence-electron chi connectivity index (χ2n) is 9.15. The van der Waals surface area contributed by atoms with Crippen LogP contribution in [-0.2, 0) is 20.6 Å². The Hall–Kier alpha value is -2.92. The molecule has 0 aromatic heterocycles. The molecule has 0 radical (unpaired) electrons. The number of hydrogen-bond acceptors (Lipinski definition) is 5. The summed E-state index contributed by atoms with van der Waals surface area (Å²) in [5.74, 6) is 4.36. The Morgan fingerprint density at radius 1 is 1.03 bits per heavy atom. The SMILES string of the molecule is CC(C)(C)[Si](C)(C)O[C@H](COc1ccc(C(=O)C#CCOCc2ccccc2)cc1)C(=O)O. The molecule has 1 atom stereocenters. The Labute approximate surface area is 197 Å². The fourth-order valence-electron chi connectivity index (χ4n) is 2.55. The Kier molecular flexibility index (Phi) is 9.41. The van der Waals surface area contributed by atoms with Crippen molar-refractivity contribution in [3.63, 3.8) is 0 Å². The summed E-state index contributed by atoms with van der Waals surface area (Å²) in [5.41, 5.74) is 1.46. The van der Waals surface area contributed by atoms with Crippen molar-refractivity contribution in [1.82, 2.24) is 0 Å². The van der Waals surface area contributed by atoms with E-state index in [1.54, 1.807) is 24.3 Å². The molecule has 7 heteroatoms. The van der Waals surface area contributed by atoms with E-state index in [9.17, 15) is 14.7 Å². The smallest absolute Gasteiger partial charge is 0.335 e. The molecule has 0 amide bonds. The first-order valence-electron chi connectivity index (χ1n) is 10.8. The average molecular weight is 469 g/mol. The lowest BCUT2D eigenvalue weighted by Gasteiger charge is -2.38. The van der Waals surface area contributed by atoms with Crippen LogP contribution in [0.1, 0.15) is 36.7 Å². The molecule has 2 aromatic rings. The Morgan fingerprint density at radius 2 is 1.67 bits per heavy atom. The topological polar surface area (TPSA) is 82.1 Å². The molecule has 176 valence electrons. The second-order valence-corrected chi connectivity index (χ2v) is 13.9. The zero-order chi connectivity index (χ0) is 24.5. The molecule has 6 nitrogen and oxygen atoms in total. The number of carbonyl (C=O) groups excluding carboxylic acids is 1. The Morgan fingerprint density at radius 3 is 2.24 bits per heavy atom. The first-order chi connectivity index (χ1) is 15.5. The summed E-state index contributed by atoms with van der Waals surface area (Å²) in [5, 5.41) is 9.41. The minimum absolute atomic E-state index is 0.115. The van der Waals surface area contributed by atoms with Crippen molar-refractivity contribution in [2.45, 2.75) is 51.6 Å². The lowest BCUT2D eigenvalue weighted by molar-refractivity contribution is -0.147. The fraction of sp³-hybridized carbons (Fsp3) is 0.385. The highest BCUT2D eigenvalue weighted by Gasteiger charge is 2.41. The maximum Gasteiger partial charge on any atom is 0.335 e. The Bertz CT molecular complexity index is 981. The zero-order valence-electron chi connectivity index (χ0n) is 19.9. The van der Waals surface area contributed by atoms with E-state index in [0.29, 0.717) is 17.9 Å². The van der Waals surface area contributed by atoms with Crippen LogP contribution in [0.2, 0.25) is 18.1 Å². The molecule has 0 spiro atoms. The molecule has 0 heterocycles. The number of carboxylic acid groups (broad SMARTS) is 1. The summed E-state index contributed by atoms with van der Waals surface area (Å²) < 4.78 is 17.0. The van der Waals surface area contributed by atoms with E-state index in [1.807, 2.05) is 64.2 Å². The van der Waals surface area contributed by atoms with Crippen LogP contribution in [0.3, 0.4) is 0 Å². The van der Waals surface area contributed by atoms with Gasteiger partial charge in [0.1, 0.15) is 19.0 Å². The highest BCUT2D eigenvalue weighted by molar-refractivity contribution is 6.74.